The van der Waals surface area contributed by atoms with Gasteiger partial charge in [0.15, 0.2) is 5.69 Å². The molecule has 20 heavy (non-hydrogen) atoms. The fourth-order valence-corrected chi connectivity index (χ4v) is 2.37. The van der Waals surface area contributed by atoms with Crippen LogP contribution in [0.15, 0.2) is 28.7 Å². The number of rotatable bonds is 3. The molecule has 1 amide bonds. The van der Waals surface area contributed by atoms with Crippen LogP contribution in [0.4, 0.5) is 10.1 Å². The molecule has 1 aromatic heterocycles. The molecule has 0 aliphatic heterocycles. The lowest BCUT2D eigenvalue weighted by atomic mass is 10.1. The molecule has 1 N–H and O–H groups in total. The average Bonchev–Trinajstić information content (AvgIpc) is 2.76. The summed E-state index contributed by atoms with van der Waals surface area (Å²) < 4.78 is 15.8. The summed E-state index contributed by atoms with van der Waals surface area (Å²) >= 11 is 3.21. The SMILES string of the molecule is CC(C)c1cc(C(=O)Nc2c(F)cccc2Br)nn1C. The first kappa shape index (κ1) is 14.7. The topological polar surface area (TPSA) is 46.9 Å². The van der Waals surface area contributed by atoms with Crippen LogP contribution in [0.25, 0.3) is 0 Å². The van der Waals surface area contributed by atoms with Crippen LogP contribution < -0.4 is 5.32 Å². The van der Waals surface area contributed by atoms with Crippen LogP contribution in [-0.2, 0) is 7.05 Å². The van der Waals surface area contributed by atoms with Gasteiger partial charge in [0.1, 0.15) is 5.82 Å². The Morgan fingerprint density at radius 1 is 1.45 bits per heavy atom. The lowest BCUT2D eigenvalue weighted by Gasteiger charge is -2.06. The van der Waals surface area contributed by atoms with Crippen LogP contribution in [0.5, 0.6) is 0 Å². The minimum Gasteiger partial charge on any atom is -0.317 e. The van der Waals surface area contributed by atoms with Gasteiger partial charge in [0.25, 0.3) is 5.91 Å². The standard InChI is InChI=1S/C14H15BrFN3O/c1-8(2)12-7-11(18-19(12)3)14(20)17-13-9(15)5-4-6-10(13)16/h4-8H,1-3H3,(H,17,20). The molecule has 4 nitrogen and oxygen atoms in total. The van der Waals surface area contributed by atoms with Gasteiger partial charge in [-0.15, -0.1) is 0 Å². The Bertz CT molecular complexity index is 632. The number of aryl methyl sites for hydroxylation is 1. The summed E-state index contributed by atoms with van der Waals surface area (Å²) in [6, 6.07) is 6.23. The smallest absolute Gasteiger partial charge is 0.276 e. The highest BCUT2D eigenvalue weighted by Crippen LogP contribution is 2.25. The second-order valence-electron chi connectivity index (χ2n) is 4.78. The van der Waals surface area contributed by atoms with E-state index in [1.54, 1.807) is 29.9 Å². The lowest BCUT2D eigenvalue weighted by Crippen LogP contribution is -2.14. The van der Waals surface area contributed by atoms with Gasteiger partial charge in [-0.3, -0.25) is 9.48 Å². The molecule has 0 fully saturated rings. The number of carbonyl (C=O) groups is 1. The second-order valence-corrected chi connectivity index (χ2v) is 5.64. The zero-order valence-corrected chi connectivity index (χ0v) is 13.0. The normalized spacial score (nSPS) is 10.9. The van der Waals surface area contributed by atoms with E-state index in [-0.39, 0.29) is 17.3 Å². The Morgan fingerprint density at radius 3 is 2.70 bits per heavy atom. The van der Waals surface area contributed by atoms with Crippen LogP contribution in [0.2, 0.25) is 0 Å². The molecule has 0 radical (unpaired) electrons. The Labute approximate surface area is 125 Å². The molecule has 1 heterocycles. The van der Waals surface area contributed by atoms with Crippen LogP contribution in [-0.4, -0.2) is 15.7 Å². The minimum absolute atomic E-state index is 0.120. The molecule has 0 aliphatic carbocycles. The van der Waals surface area contributed by atoms with E-state index in [0.29, 0.717) is 4.47 Å². The number of para-hydroxylation sites is 1. The predicted molar refractivity (Wildman–Crippen MR) is 79.4 cm³/mol. The molecule has 1 aromatic carbocycles. The van der Waals surface area contributed by atoms with Crippen molar-refractivity contribution in [1.82, 2.24) is 9.78 Å². The summed E-state index contributed by atoms with van der Waals surface area (Å²) in [6.07, 6.45) is 0. The number of hydrogen-bond donors (Lipinski definition) is 1. The van der Waals surface area contributed by atoms with Gasteiger partial charge in [-0.1, -0.05) is 19.9 Å². The average molecular weight is 340 g/mol. The quantitative estimate of drug-likeness (QED) is 0.926. The van der Waals surface area contributed by atoms with E-state index in [9.17, 15) is 9.18 Å². The summed E-state index contributed by atoms with van der Waals surface area (Å²) in [5, 5.41) is 6.69. The number of nitrogens with one attached hydrogen (secondary N) is 1. The van der Waals surface area contributed by atoms with Gasteiger partial charge < -0.3 is 5.32 Å². The van der Waals surface area contributed by atoms with Crippen molar-refractivity contribution in [2.24, 2.45) is 7.05 Å². The maximum atomic E-state index is 13.7. The fraction of sp³-hybridized carbons (Fsp3) is 0.286. The third-order valence-corrected chi connectivity index (χ3v) is 3.60. The highest BCUT2D eigenvalue weighted by Gasteiger charge is 2.17. The molecule has 0 atom stereocenters. The Kier molecular flexibility index (Phi) is 4.23. The molecule has 0 saturated carbocycles. The van der Waals surface area contributed by atoms with Crippen molar-refractivity contribution in [3.8, 4) is 0 Å². The number of anilines is 1. The monoisotopic (exact) mass is 339 g/mol. The van der Waals surface area contributed by atoms with Crippen molar-refractivity contribution >= 4 is 27.5 Å². The van der Waals surface area contributed by atoms with Gasteiger partial charge in [0, 0.05) is 17.2 Å². The molecule has 106 valence electrons. The minimum atomic E-state index is -0.493. The number of halogens is 2. The molecule has 2 aromatic rings. The maximum absolute atomic E-state index is 13.7. The van der Waals surface area contributed by atoms with Crippen molar-refractivity contribution in [3.63, 3.8) is 0 Å². The van der Waals surface area contributed by atoms with Gasteiger partial charge in [-0.05, 0) is 40.0 Å². The largest absolute Gasteiger partial charge is 0.317 e. The van der Waals surface area contributed by atoms with Crippen LogP contribution in [0, 0.1) is 5.82 Å². The van der Waals surface area contributed by atoms with Gasteiger partial charge in [0.2, 0.25) is 0 Å². The number of aromatic nitrogens is 2. The number of amides is 1. The van der Waals surface area contributed by atoms with Crippen molar-refractivity contribution in [2.45, 2.75) is 19.8 Å². The Balaban J connectivity index is 2.27. The van der Waals surface area contributed by atoms with E-state index in [0.717, 1.165) is 5.69 Å². The Hall–Kier alpha value is -1.69. The van der Waals surface area contributed by atoms with Crippen LogP contribution in [0.1, 0.15) is 35.9 Å². The molecular formula is C14H15BrFN3O. The van der Waals surface area contributed by atoms with Gasteiger partial charge in [0.05, 0.1) is 5.69 Å². The number of carbonyl (C=O) groups excluding carboxylic acids is 1. The molecule has 2 rings (SSSR count). The van der Waals surface area contributed by atoms with Crippen LogP contribution >= 0.6 is 15.9 Å². The van der Waals surface area contributed by atoms with E-state index in [1.165, 1.54) is 6.07 Å². The van der Waals surface area contributed by atoms with E-state index in [2.05, 4.69) is 26.3 Å². The van der Waals surface area contributed by atoms with Crippen molar-refractivity contribution in [2.75, 3.05) is 5.32 Å². The van der Waals surface area contributed by atoms with E-state index in [4.69, 9.17) is 0 Å². The summed E-state index contributed by atoms with van der Waals surface area (Å²) in [6.45, 7) is 4.04. The molecular weight excluding hydrogens is 325 g/mol. The van der Waals surface area contributed by atoms with Crippen molar-refractivity contribution in [3.05, 3.63) is 45.9 Å². The third kappa shape index (κ3) is 2.90. The molecule has 0 unspecified atom stereocenters. The van der Waals surface area contributed by atoms with E-state index >= 15 is 0 Å². The Morgan fingerprint density at radius 2 is 2.15 bits per heavy atom. The molecule has 6 heteroatoms. The van der Waals surface area contributed by atoms with Crippen molar-refractivity contribution < 1.29 is 9.18 Å². The molecule has 0 bridgehead atoms. The zero-order chi connectivity index (χ0) is 14.9. The van der Waals surface area contributed by atoms with Crippen LogP contribution in [0.3, 0.4) is 0 Å². The molecule has 0 spiro atoms. The first-order chi connectivity index (χ1) is 9.40. The second kappa shape index (κ2) is 5.75. The summed E-state index contributed by atoms with van der Waals surface area (Å²) in [5.74, 6) is -0.666. The van der Waals surface area contributed by atoms with E-state index < -0.39 is 11.7 Å². The van der Waals surface area contributed by atoms with Gasteiger partial charge in [-0.25, -0.2) is 4.39 Å². The molecule has 0 aliphatic rings. The highest BCUT2D eigenvalue weighted by molar-refractivity contribution is 9.10. The fourth-order valence-electron chi connectivity index (χ4n) is 1.93. The molecule has 0 saturated heterocycles. The predicted octanol–water partition coefficient (Wildman–Crippen LogP) is 3.70. The first-order valence-electron chi connectivity index (χ1n) is 6.19. The van der Waals surface area contributed by atoms with Gasteiger partial charge >= 0.3 is 0 Å². The number of hydrogen-bond acceptors (Lipinski definition) is 2. The summed E-state index contributed by atoms with van der Waals surface area (Å²) in [5.41, 5.74) is 1.34. The summed E-state index contributed by atoms with van der Waals surface area (Å²) in [4.78, 5) is 12.1. The van der Waals surface area contributed by atoms with Crippen molar-refractivity contribution in [1.29, 1.82) is 0 Å². The van der Waals surface area contributed by atoms with Gasteiger partial charge in [-0.2, -0.15) is 5.10 Å². The maximum Gasteiger partial charge on any atom is 0.276 e. The highest BCUT2D eigenvalue weighted by atomic mass is 79.9. The zero-order valence-electron chi connectivity index (χ0n) is 11.4. The number of nitrogens with zero attached hydrogens (tertiary/aromatic N) is 2. The third-order valence-electron chi connectivity index (χ3n) is 2.94. The lowest BCUT2D eigenvalue weighted by molar-refractivity contribution is 0.102. The summed E-state index contributed by atoms with van der Waals surface area (Å²) in [7, 11) is 1.78. The van der Waals surface area contributed by atoms with E-state index in [1.807, 2.05) is 13.8 Å². The number of benzene rings is 1. The first-order valence-corrected chi connectivity index (χ1v) is 6.98.